The van der Waals surface area contributed by atoms with Crippen LogP contribution in [0.5, 0.6) is 28.7 Å². The number of aliphatic hydroxyl groups is 2. The van der Waals surface area contributed by atoms with Crippen LogP contribution in [0.3, 0.4) is 0 Å². The second kappa shape index (κ2) is 9.11. The van der Waals surface area contributed by atoms with E-state index in [1.54, 1.807) is 38.4 Å². The first-order chi connectivity index (χ1) is 18.1. The van der Waals surface area contributed by atoms with Crippen LogP contribution in [-0.4, -0.2) is 67.7 Å². The molecule has 9 heteroatoms. The number of amides is 1. The molecule has 3 aromatic rings. The number of aliphatic hydroxyl groups excluding tert-OH is 1. The summed E-state index contributed by atoms with van der Waals surface area (Å²) in [6.07, 6.45) is -1.62. The Kier molecular flexibility index (Phi) is 6.16. The molecule has 5 rings (SSSR count). The summed E-state index contributed by atoms with van der Waals surface area (Å²) in [7, 11) is 7.56. The number of phenolic OH excluding ortho intramolecular Hbond substituents is 1. The van der Waals surface area contributed by atoms with Crippen molar-refractivity contribution >= 4 is 5.91 Å². The molecule has 0 bridgehead atoms. The highest BCUT2D eigenvalue weighted by molar-refractivity contribution is 5.83. The number of carbonyl (C=O) groups excluding carboxylic acids is 1. The van der Waals surface area contributed by atoms with E-state index in [0.717, 1.165) is 0 Å². The third-order valence-electron chi connectivity index (χ3n) is 7.77. The number of benzene rings is 3. The minimum atomic E-state index is -2.17. The molecule has 38 heavy (non-hydrogen) atoms. The molecule has 0 radical (unpaired) electrons. The van der Waals surface area contributed by atoms with E-state index in [0.29, 0.717) is 16.9 Å². The molecule has 200 valence electrons. The summed E-state index contributed by atoms with van der Waals surface area (Å²) in [6, 6.07) is 17.0. The molecule has 1 heterocycles. The van der Waals surface area contributed by atoms with Crippen LogP contribution in [0, 0.1) is 5.92 Å². The van der Waals surface area contributed by atoms with Gasteiger partial charge < -0.3 is 39.2 Å². The van der Waals surface area contributed by atoms with Gasteiger partial charge in [0.2, 0.25) is 5.91 Å². The first-order valence-electron chi connectivity index (χ1n) is 12.1. The molecule has 0 saturated heterocycles. The molecule has 1 fully saturated rings. The van der Waals surface area contributed by atoms with Gasteiger partial charge in [-0.05, 0) is 17.7 Å². The fraction of sp³-hybridized carbons (Fsp3) is 0.345. The predicted molar refractivity (Wildman–Crippen MR) is 138 cm³/mol. The zero-order chi connectivity index (χ0) is 27.4. The number of methoxy groups -OCH3 is 3. The van der Waals surface area contributed by atoms with E-state index in [4.69, 9.17) is 18.9 Å². The SMILES string of the molecule is COc1cc(OC)c2c(c1)O[C@@]1(c3ccc(OC)c(O)c3)[C@H](c3ccccc3)[C@@H](C(=O)N(C)C)[C@@H](O)[C@]21O. The highest BCUT2D eigenvalue weighted by Gasteiger charge is 2.78. The Bertz CT molecular complexity index is 1380. The number of ether oxygens (including phenoxy) is 4. The Hall–Kier alpha value is -3.95. The van der Waals surface area contributed by atoms with Crippen molar-refractivity contribution in [1.82, 2.24) is 4.90 Å². The van der Waals surface area contributed by atoms with Crippen molar-refractivity contribution in [2.45, 2.75) is 23.2 Å². The second-order valence-electron chi connectivity index (χ2n) is 9.79. The average Bonchev–Trinajstić information content (AvgIpc) is 3.30. The molecule has 5 atom stereocenters. The fourth-order valence-corrected chi connectivity index (χ4v) is 6.16. The Morgan fingerprint density at radius 2 is 1.63 bits per heavy atom. The molecular formula is C29H31NO8. The molecule has 0 aromatic heterocycles. The van der Waals surface area contributed by atoms with Gasteiger partial charge in [-0.2, -0.15) is 0 Å². The standard InChI is InChI=1S/C29H31NO8/c1-30(2)27(33)23-24(16-9-7-6-8-10-16)29(17-11-12-20(36-4)19(31)13-17)28(34,26(23)32)25-21(37-5)14-18(35-3)15-22(25)38-29/h6-15,23-24,26,31-32,34H,1-5H3/t23-,24-,26-,28-,29+/m1/s1. The highest BCUT2D eigenvalue weighted by Crippen LogP contribution is 2.70. The number of hydrogen-bond donors (Lipinski definition) is 3. The lowest BCUT2D eigenvalue weighted by molar-refractivity contribution is -0.156. The van der Waals surface area contributed by atoms with E-state index >= 15 is 0 Å². The van der Waals surface area contributed by atoms with Crippen molar-refractivity contribution in [3.05, 3.63) is 77.4 Å². The maximum atomic E-state index is 13.7. The van der Waals surface area contributed by atoms with Crippen molar-refractivity contribution in [1.29, 1.82) is 0 Å². The number of carbonyl (C=O) groups is 1. The zero-order valence-corrected chi connectivity index (χ0v) is 21.8. The molecule has 3 aromatic carbocycles. The van der Waals surface area contributed by atoms with Crippen molar-refractivity contribution in [2.24, 2.45) is 5.92 Å². The second-order valence-corrected chi connectivity index (χ2v) is 9.79. The average molecular weight is 522 g/mol. The van der Waals surface area contributed by atoms with Crippen LogP contribution < -0.4 is 18.9 Å². The molecule has 1 aliphatic carbocycles. The number of rotatable bonds is 6. The van der Waals surface area contributed by atoms with Gasteiger partial charge in [0.1, 0.15) is 23.4 Å². The molecular weight excluding hydrogens is 490 g/mol. The van der Waals surface area contributed by atoms with Crippen LogP contribution in [0.15, 0.2) is 60.7 Å². The van der Waals surface area contributed by atoms with E-state index in [1.807, 2.05) is 30.3 Å². The molecule has 1 aliphatic heterocycles. The monoisotopic (exact) mass is 521 g/mol. The summed E-state index contributed by atoms with van der Waals surface area (Å²) in [5, 5.41) is 35.6. The molecule has 0 spiro atoms. The Morgan fingerprint density at radius 3 is 2.21 bits per heavy atom. The van der Waals surface area contributed by atoms with Gasteiger partial charge in [-0.3, -0.25) is 4.79 Å². The Balaban J connectivity index is 1.91. The van der Waals surface area contributed by atoms with Gasteiger partial charge in [-0.1, -0.05) is 36.4 Å². The third-order valence-corrected chi connectivity index (χ3v) is 7.77. The largest absolute Gasteiger partial charge is 0.504 e. The summed E-state index contributed by atoms with van der Waals surface area (Å²) in [5.41, 5.74) is -2.72. The Labute approximate surface area is 220 Å². The van der Waals surface area contributed by atoms with Gasteiger partial charge in [0.25, 0.3) is 0 Å². The minimum Gasteiger partial charge on any atom is -0.504 e. The van der Waals surface area contributed by atoms with Gasteiger partial charge in [-0.15, -0.1) is 0 Å². The molecule has 1 amide bonds. The fourth-order valence-electron chi connectivity index (χ4n) is 6.16. The lowest BCUT2D eigenvalue weighted by atomic mass is 9.70. The predicted octanol–water partition coefficient (Wildman–Crippen LogP) is 2.76. The number of nitrogens with zero attached hydrogens (tertiary/aromatic N) is 1. The van der Waals surface area contributed by atoms with Crippen LogP contribution in [0.25, 0.3) is 0 Å². The molecule has 0 unspecified atom stereocenters. The van der Waals surface area contributed by atoms with E-state index in [1.165, 1.54) is 32.3 Å². The van der Waals surface area contributed by atoms with Crippen molar-refractivity contribution in [3.63, 3.8) is 0 Å². The van der Waals surface area contributed by atoms with Crippen LogP contribution >= 0.6 is 0 Å². The smallest absolute Gasteiger partial charge is 0.228 e. The number of fused-ring (bicyclic) bond motifs is 3. The lowest BCUT2D eigenvalue weighted by Gasteiger charge is -2.41. The van der Waals surface area contributed by atoms with Crippen LogP contribution in [0.2, 0.25) is 0 Å². The van der Waals surface area contributed by atoms with Crippen molar-refractivity contribution in [2.75, 3.05) is 35.4 Å². The van der Waals surface area contributed by atoms with Crippen LogP contribution in [-0.2, 0) is 16.0 Å². The van der Waals surface area contributed by atoms with Crippen molar-refractivity contribution < 1.29 is 39.1 Å². The Morgan fingerprint density at radius 1 is 0.947 bits per heavy atom. The van der Waals surface area contributed by atoms with Gasteiger partial charge in [0.15, 0.2) is 22.7 Å². The summed E-state index contributed by atoms with van der Waals surface area (Å²) in [4.78, 5) is 15.1. The van der Waals surface area contributed by atoms with E-state index in [9.17, 15) is 20.1 Å². The maximum Gasteiger partial charge on any atom is 0.228 e. The molecule has 3 N–H and O–H groups in total. The third kappa shape index (κ3) is 3.28. The first kappa shape index (κ1) is 25.7. The molecule has 1 saturated carbocycles. The van der Waals surface area contributed by atoms with E-state index in [-0.39, 0.29) is 34.5 Å². The summed E-state index contributed by atoms with van der Waals surface area (Å²) in [5.74, 6) is -1.46. The quantitative estimate of drug-likeness (QED) is 0.453. The van der Waals surface area contributed by atoms with Gasteiger partial charge >= 0.3 is 0 Å². The first-order valence-corrected chi connectivity index (χ1v) is 12.1. The van der Waals surface area contributed by atoms with Gasteiger partial charge in [-0.25, -0.2) is 0 Å². The van der Waals surface area contributed by atoms with Crippen LogP contribution in [0.4, 0.5) is 0 Å². The summed E-state index contributed by atoms with van der Waals surface area (Å²) in [6.45, 7) is 0. The minimum absolute atomic E-state index is 0.186. The van der Waals surface area contributed by atoms with Crippen molar-refractivity contribution in [3.8, 4) is 28.7 Å². The molecule has 2 aliphatic rings. The maximum absolute atomic E-state index is 13.7. The highest BCUT2D eigenvalue weighted by atomic mass is 16.5. The van der Waals surface area contributed by atoms with E-state index < -0.39 is 29.1 Å². The number of phenols is 1. The normalized spacial score (nSPS) is 27.2. The summed E-state index contributed by atoms with van der Waals surface area (Å²) < 4.78 is 23.1. The lowest BCUT2D eigenvalue weighted by Crippen LogP contribution is -2.52. The number of aromatic hydroxyl groups is 1. The number of hydrogen-bond acceptors (Lipinski definition) is 8. The molecule has 9 nitrogen and oxygen atoms in total. The topological polar surface area (TPSA) is 118 Å². The van der Waals surface area contributed by atoms with E-state index in [2.05, 4.69) is 0 Å². The van der Waals surface area contributed by atoms with Gasteiger partial charge in [0.05, 0.1) is 32.8 Å². The van der Waals surface area contributed by atoms with Crippen LogP contribution in [0.1, 0.15) is 22.6 Å². The summed E-state index contributed by atoms with van der Waals surface area (Å²) >= 11 is 0. The van der Waals surface area contributed by atoms with Gasteiger partial charge in [0, 0.05) is 37.7 Å². The zero-order valence-electron chi connectivity index (χ0n) is 21.8.